The predicted molar refractivity (Wildman–Crippen MR) is 59.1 cm³/mol. The van der Waals surface area contributed by atoms with Crippen LogP contribution in [0.3, 0.4) is 0 Å². The first-order chi connectivity index (χ1) is 7.58. The van der Waals surface area contributed by atoms with Crippen LogP contribution in [0.4, 0.5) is 18.9 Å². The molecule has 0 saturated carbocycles. The van der Waals surface area contributed by atoms with Gasteiger partial charge in [-0.15, -0.1) is 0 Å². The summed E-state index contributed by atoms with van der Waals surface area (Å²) in [5, 5.41) is 2.36. The first-order valence-corrected chi connectivity index (χ1v) is 6.20. The van der Waals surface area contributed by atoms with Crippen LogP contribution in [-0.4, -0.2) is 18.8 Å². The van der Waals surface area contributed by atoms with E-state index in [9.17, 15) is 21.6 Å². The summed E-state index contributed by atoms with van der Waals surface area (Å²) in [5.41, 5.74) is -4.97. The van der Waals surface area contributed by atoms with Gasteiger partial charge in [-0.3, -0.25) is 0 Å². The molecule has 1 aromatic carbocycles. The minimum Gasteiger partial charge on any atom is -0.367 e. The third-order valence-corrected chi connectivity index (χ3v) is 4.25. The van der Waals surface area contributed by atoms with E-state index in [0.29, 0.717) is 5.69 Å². The Bertz CT molecular complexity index is 480. The van der Waals surface area contributed by atoms with E-state index in [1.54, 1.807) is 18.2 Å². The zero-order chi connectivity index (χ0) is 13.3. The highest BCUT2D eigenvalue weighted by molar-refractivity contribution is 7.93. The summed E-state index contributed by atoms with van der Waals surface area (Å²) in [6, 6.07) is 7.86. The van der Waals surface area contributed by atoms with Gasteiger partial charge in [0.25, 0.3) is 9.84 Å². The Morgan fingerprint density at radius 2 is 1.53 bits per heavy atom. The van der Waals surface area contributed by atoms with Gasteiger partial charge in [-0.05, 0) is 26.0 Å². The normalized spacial score (nSPS) is 13.5. The summed E-state index contributed by atoms with van der Waals surface area (Å²) in [4.78, 5) is -2.12. The van der Waals surface area contributed by atoms with Gasteiger partial charge in [0.05, 0.1) is 0 Å². The molecular formula is C10H12F3NO2S. The molecule has 1 rings (SSSR count). The van der Waals surface area contributed by atoms with Gasteiger partial charge in [0.2, 0.25) is 0 Å². The lowest BCUT2D eigenvalue weighted by atomic mass is 10.3. The lowest BCUT2D eigenvalue weighted by Crippen LogP contribution is -2.47. The Morgan fingerprint density at radius 3 is 1.94 bits per heavy atom. The summed E-state index contributed by atoms with van der Waals surface area (Å²) in [7, 11) is -5.29. The Labute approximate surface area is 97.6 Å². The van der Waals surface area contributed by atoms with Crippen LogP contribution < -0.4 is 5.32 Å². The molecule has 1 aromatic rings. The van der Waals surface area contributed by atoms with Gasteiger partial charge in [0, 0.05) is 5.69 Å². The number of para-hydroxylation sites is 1. The number of hydrogen-bond donors (Lipinski definition) is 1. The summed E-state index contributed by atoms with van der Waals surface area (Å²) in [6.45, 7) is 1.95. The molecule has 96 valence electrons. The summed E-state index contributed by atoms with van der Waals surface area (Å²) in [5.74, 6) is 0. The van der Waals surface area contributed by atoms with Gasteiger partial charge >= 0.3 is 5.51 Å². The second kappa shape index (κ2) is 4.21. The van der Waals surface area contributed by atoms with Gasteiger partial charge in [-0.2, -0.15) is 13.2 Å². The molecular weight excluding hydrogens is 255 g/mol. The van der Waals surface area contributed by atoms with E-state index < -0.39 is 20.2 Å². The molecule has 0 bridgehead atoms. The van der Waals surface area contributed by atoms with E-state index in [0.717, 1.165) is 13.8 Å². The highest BCUT2D eigenvalue weighted by Gasteiger charge is 2.55. The molecule has 7 heteroatoms. The second-order valence-corrected chi connectivity index (χ2v) is 6.44. The fourth-order valence-corrected chi connectivity index (χ4v) is 2.06. The molecule has 0 atom stereocenters. The Kier molecular flexibility index (Phi) is 3.42. The third-order valence-electron chi connectivity index (χ3n) is 2.20. The van der Waals surface area contributed by atoms with Crippen molar-refractivity contribution in [1.29, 1.82) is 0 Å². The molecule has 0 saturated heterocycles. The minimum atomic E-state index is -5.29. The van der Waals surface area contributed by atoms with E-state index >= 15 is 0 Å². The van der Waals surface area contributed by atoms with Crippen molar-refractivity contribution >= 4 is 15.5 Å². The second-order valence-electron chi connectivity index (χ2n) is 3.95. The van der Waals surface area contributed by atoms with E-state index in [1.807, 2.05) is 0 Å². The predicted octanol–water partition coefficient (Wildman–Crippen LogP) is 2.77. The quantitative estimate of drug-likeness (QED) is 0.916. The Morgan fingerprint density at radius 1 is 1.06 bits per heavy atom. The summed E-state index contributed by atoms with van der Waals surface area (Å²) >= 11 is 0. The number of sulfone groups is 1. The molecule has 0 spiro atoms. The third kappa shape index (κ3) is 2.71. The minimum absolute atomic E-state index is 0.310. The first-order valence-electron chi connectivity index (χ1n) is 4.72. The Balaban J connectivity index is 3.06. The smallest absolute Gasteiger partial charge is 0.367 e. The highest BCUT2D eigenvalue weighted by atomic mass is 32.2. The number of hydrogen-bond acceptors (Lipinski definition) is 3. The number of benzene rings is 1. The number of nitrogens with one attached hydrogen (secondary N) is 1. The average Bonchev–Trinajstić information content (AvgIpc) is 2.16. The molecule has 0 aliphatic heterocycles. The van der Waals surface area contributed by atoms with Gasteiger partial charge < -0.3 is 5.32 Å². The molecule has 1 N–H and O–H groups in total. The largest absolute Gasteiger partial charge is 0.499 e. The van der Waals surface area contributed by atoms with E-state index in [1.165, 1.54) is 12.1 Å². The van der Waals surface area contributed by atoms with E-state index in [4.69, 9.17) is 0 Å². The summed E-state index contributed by atoms with van der Waals surface area (Å²) < 4.78 is 59.8. The fourth-order valence-electron chi connectivity index (χ4n) is 1.23. The monoisotopic (exact) mass is 267 g/mol. The van der Waals surface area contributed by atoms with Crippen LogP contribution in [0.25, 0.3) is 0 Å². The molecule has 0 unspecified atom stereocenters. The standard InChI is InChI=1S/C10H12F3NO2S/c1-9(2,17(15,16)10(11,12)13)14-8-6-4-3-5-7-8/h3-7,14H,1-2H3. The maximum Gasteiger partial charge on any atom is 0.499 e. The number of halogens is 3. The maximum absolute atomic E-state index is 12.4. The van der Waals surface area contributed by atoms with Crippen molar-refractivity contribution in [3.05, 3.63) is 30.3 Å². The van der Waals surface area contributed by atoms with Crippen molar-refractivity contribution in [2.75, 3.05) is 5.32 Å². The van der Waals surface area contributed by atoms with Crippen molar-refractivity contribution in [1.82, 2.24) is 0 Å². The summed E-state index contributed by atoms with van der Waals surface area (Å²) in [6.07, 6.45) is 0. The molecule has 0 aromatic heterocycles. The van der Waals surface area contributed by atoms with E-state index in [2.05, 4.69) is 5.32 Å². The Hall–Kier alpha value is -1.24. The van der Waals surface area contributed by atoms with E-state index in [-0.39, 0.29) is 0 Å². The molecule has 17 heavy (non-hydrogen) atoms. The molecule has 0 heterocycles. The lowest BCUT2D eigenvalue weighted by Gasteiger charge is -2.28. The zero-order valence-electron chi connectivity index (χ0n) is 9.25. The molecule has 3 nitrogen and oxygen atoms in total. The van der Waals surface area contributed by atoms with Crippen LogP contribution in [0.5, 0.6) is 0 Å². The number of alkyl halides is 3. The van der Waals surface area contributed by atoms with Crippen LogP contribution in [0.15, 0.2) is 30.3 Å². The zero-order valence-corrected chi connectivity index (χ0v) is 10.1. The average molecular weight is 267 g/mol. The fraction of sp³-hybridized carbons (Fsp3) is 0.400. The molecule has 0 aliphatic rings. The highest BCUT2D eigenvalue weighted by Crippen LogP contribution is 2.34. The lowest BCUT2D eigenvalue weighted by molar-refractivity contribution is -0.0452. The molecule has 0 aliphatic carbocycles. The van der Waals surface area contributed by atoms with Crippen molar-refractivity contribution in [2.45, 2.75) is 24.2 Å². The molecule has 0 amide bonds. The van der Waals surface area contributed by atoms with Crippen molar-refractivity contribution in [3.63, 3.8) is 0 Å². The van der Waals surface area contributed by atoms with Crippen LogP contribution in [0.2, 0.25) is 0 Å². The topological polar surface area (TPSA) is 46.2 Å². The van der Waals surface area contributed by atoms with Gasteiger partial charge in [0.1, 0.15) is 4.87 Å². The molecule has 0 radical (unpaired) electrons. The SMILES string of the molecule is CC(C)(Nc1ccccc1)S(=O)(=O)C(F)(F)F. The van der Waals surface area contributed by atoms with Crippen molar-refractivity contribution < 1.29 is 21.6 Å². The first kappa shape index (κ1) is 13.8. The van der Waals surface area contributed by atoms with Crippen molar-refractivity contribution in [2.24, 2.45) is 0 Å². The van der Waals surface area contributed by atoms with Crippen LogP contribution in [-0.2, 0) is 9.84 Å². The van der Waals surface area contributed by atoms with Crippen molar-refractivity contribution in [3.8, 4) is 0 Å². The van der Waals surface area contributed by atoms with Gasteiger partial charge in [-0.25, -0.2) is 8.42 Å². The van der Waals surface area contributed by atoms with Gasteiger partial charge in [-0.1, -0.05) is 18.2 Å². The maximum atomic E-state index is 12.4. The number of rotatable bonds is 3. The molecule has 0 fully saturated rings. The van der Waals surface area contributed by atoms with Gasteiger partial charge in [0.15, 0.2) is 0 Å². The van der Waals surface area contributed by atoms with Crippen LogP contribution in [0, 0.1) is 0 Å². The van der Waals surface area contributed by atoms with Crippen LogP contribution >= 0.6 is 0 Å². The number of anilines is 1. The van der Waals surface area contributed by atoms with Crippen LogP contribution in [0.1, 0.15) is 13.8 Å².